The average Bonchev–Trinajstić information content (AvgIpc) is 2.77. The summed E-state index contributed by atoms with van der Waals surface area (Å²) >= 11 is 1.25. The van der Waals surface area contributed by atoms with Crippen LogP contribution in [0.5, 0.6) is 11.5 Å². The van der Waals surface area contributed by atoms with Gasteiger partial charge in [-0.1, -0.05) is 23.9 Å². The lowest BCUT2D eigenvalue weighted by Gasteiger charge is -2.18. The van der Waals surface area contributed by atoms with Crippen LogP contribution < -0.4 is 20.3 Å². The van der Waals surface area contributed by atoms with Crippen molar-refractivity contribution in [2.45, 2.75) is 31.6 Å². The molecule has 2 aromatic carbocycles. The summed E-state index contributed by atoms with van der Waals surface area (Å²) in [6, 6.07) is 12.4. The summed E-state index contributed by atoms with van der Waals surface area (Å²) in [4.78, 5) is 29.9. The van der Waals surface area contributed by atoms with Crippen molar-refractivity contribution >= 4 is 28.6 Å². The molecule has 3 aromatic rings. The molecule has 158 valence electrons. The molecule has 1 amide bonds. The highest BCUT2D eigenvalue weighted by atomic mass is 32.2. The molecule has 8 heteroatoms. The highest BCUT2D eigenvalue weighted by Crippen LogP contribution is 2.29. The summed E-state index contributed by atoms with van der Waals surface area (Å²) in [5, 5.41) is 4.08. The van der Waals surface area contributed by atoms with Gasteiger partial charge in [0.05, 0.1) is 36.9 Å². The van der Waals surface area contributed by atoms with Gasteiger partial charge >= 0.3 is 0 Å². The fourth-order valence-electron chi connectivity index (χ4n) is 3.21. The van der Waals surface area contributed by atoms with Crippen molar-refractivity contribution in [3.05, 3.63) is 58.4 Å². The van der Waals surface area contributed by atoms with Crippen LogP contribution in [-0.2, 0) is 11.3 Å². The lowest BCUT2D eigenvalue weighted by molar-refractivity contribution is -0.119. The van der Waals surface area contributed by atoms with Gasteiger partial charge in [-0.25, -0.2) is 4.98 Å². The second kappa shape index (κ2) is 9.67. The standard InChI is InChI=1S/C22H25N3O4S/c1-5-25-21(27)16-8-6-7-9-18(16)24-22(25)30-13-20(26)23-14(2)17-12-15(28-3)10-11-19(17)29-4/h6-12,14H,5,13H2,1-4H3,(H,23,26). The summed E-state index contributed by atoms with van der Waals surface area (Å²) in [6.45, 7) is 4.26. The Morgan fingerprint density at radius 1 is 1.20 bits per heavy atom. The predicted molar refractivity (Wildman–Crippen MR) is 119 cm³/mol. The fraction of sp³-hybridized carbons (Fsp3) is 0.318. The first-order valence-corrected chi connectivity index (χ1v) is 10.6. The van der Waals surface area contributed by atoms with Crippen LogP contribution in [0.3, 0.4) is 0 Å². The zero-order chi connectivity index (χ0) is 21.7. The third-order valence-corrected chi connectivity index (χ3v) is 5.73. The van der Waals surface area contributed by atoms with Crippen LogP contribution in [0.25, 0.3) is 10.9 Å². The summed E-state index contributed by atoms with van der Waals surface area (Å²) in [5.41, 5.74) is 1.36. The Bertz CT molecular complexity index is 1110. The topological polar surface area (TPSA) is 82.5 Å². The number of benzene rings is 2. The monoisotopic (exact) mass is 427 g/mol. The van der Waals surface area contributed by atoms with E-state index < -0.39 is 0 Å². The molecule has 3 rings (SSSR count). The highest BCUT2D eigenvalue weighted by Gasteiger charge is 2.17. The number of carbonyl (C=O) groups excluding carboxylic acids is 1. The summed E-state index contributed by atoms with van der Waals surface area (Å²) in [7, 11) is 3.18. The van der Waals surface area contributed by atoms with Crippen molar-refractivity contribution in [1.29, 1.82) is 0 Å². The van der Waals surface area contributed by atoms with Gasteiger partial charge in [-0.05, 0) is 44.2 Å². The molecule has 0 saturated carbocycles. The first-order valence-electron chi connectivity index (χ1n) is 9.62. The zero-order valence-electron chi connectivity index (χ0n) is 17.5. The number of hydrogen-bond acceptors (Lipinski definition) is 6. The van der Waals surface area contributed by atoms with Crippen molar-refractivity contribution in [2.24, 2.45) is 0 Å². The first-order chi connectivity index (χ1) is 14.5. The van der Waals surface area contributed by atoms with Crippen LogP contribution in [0.4, 0.5) is 0 Å². The molecule has 0 radical (unpaired) electrons. The molecule has 0 aliphatic rings. The quantitative estimate of drug-likeness (QED) is 0.438. The SMILES string of the molecule is CCn1c(SCC(=O)NC(C)c2cc(OC)ccc2OC)nc2ccccc2c1=O. The minimum absolute atomic E-state index is 0.0968. The third-order valence-electron chi connectivity index (χ3n) is 4.76. The molecule has 0 aliphatic carbocycles. The largest absolute Gasteiger partial charge is 0.497 e. The van der Waals surface area contributed by atoms with Crippen molar-refractivity contribution in [2.75, 3.05) is 20.0 Å². The molecule has 0 aliphatic heterocycles. The summed E-state index contributed by atoms with van der Waals surface area (Å²) in [6.07, 6.45) is 0. The number of fused-ring (bicyclic) bond motifs is 1. The molecule has 1 heterocycles. The molecule has 1 aromatic heterocycles. The number of ether oxygens (including phenoxy) is 2. The van der Waals surface area contributed by atoms with E-state index in [1.807, 2.05) is 44.2 Å². The van der Waals surface area contributed by atoms with E-state index >= 15 is 0 Å². The number of carbonyl (C=O) groups is 1. The lowest BCUT2D eigenvalue weighted by atomic mass is 10.1. The van der Waals surface area contributed by atoms with Crippen LogP contribution in [0, 0.1) is 0 Å². The Hall–Kier alpha value is -3.00. The Morgan fingerprint density at radius 3 is 2.67 bits per heavy atom. The molecular weight excluding hydrogens is 402 g/mol. The first kappa shape index (κ1) is 21.7. The van der Waals surface area contributed by atoms with Gasteiger partial charge in [0, 0.05) is 12.1 Å². The van der Waals surface area contributed by atoms with Crippen LogP contribution in [0.1, 0.15) is 25.5 Å². The van der Waals surface area contributed by atoms with Crippen molar-refractivity contribution in [1.82, 2.24) is 14.9 Å². The normalized spacial score (nSPS) is 11.9. The number of nitrogens with one attached hydrogen (secondary N) is 1. The van der Waals surface area contributed by atoms with E-state index in [2.05, 4.69) is 10.3 Å². The van der Waals surface area contributed by atoms with Crippen molar-refractivity contribution < 1.29 is 14.3 Å². The number of hydrogen-bond donors (Lipinski definition) is 1. The van der Waals surface area contributed by atoms with Crippen molar-refractivity contribution in [3.63, 3.8) is 0 Å². The van der Waals surface area contributed by atoms with Gasteiger partial charge in [-0.2, -0.15) is 0 Å². The maximum atomic E-state index is 12.7. The maximum Gasteiger partial charge on any atom is 0.262 e. The zero-order valence-corrected chi connectivity index (χ0v) is 18.3. The van der Waals surface area contributed by atoms with Gasteiger partial charge < -0.3 is 14.8 Å². The van der Waals surface area contributed by atoms with Gasteiger partial charge in [-0.3, -0.25) is 14.2 Å². The van der Waals surface area contributed by atoms with E-state index in [-0.39, 0.29) is 23.3 Å². The average molecular weight is 428 g/mol. The minimum atomic E-state index is -0.277. The number of aromatic nitrogens is 2. The van der Waals surface area contributed by atoms with E-state index in [0.29, 0.717) is 34.1 Å². The number of rotatable bonds is 8. The van der Waals surface area contributed by atoms with Crippen LogP contribution >= 0.6 is 11.8 Å². The fourth-order valence-corrected chi connectivity index (χ4v) is 4.08. The predicted octanol–water partition coefficient (Wildman–Crippen LogP) is 3.40. The summed E-state index contributed by atoms with van der Waals surface area (Å²) in [5.74, 6) is 1.34. The van der Waals surface area contributed by atoms with Gasteiger partial charge in [0.25, 0.3) is 5.56 Å². The second-order valence-corrected chi connectivity index (χ2v) is 7.59. The molecule has 0 bridgehead atoms. The minimum Gasteiger partial charge on any atom is -0.497 e. The van der Waals surface area contributed by atoms with Gasteiger partial charge in [0.15, 0.2) is 5.16 Å². The number of para-hydroxylation sites is 1. The van der Waals surface area contributed by atoms with Gasteiger partial charge in [0.2, 0.25) is 5.91 Å². The Labute approximate surface area is 179 Å². The molecule has 1 unspecified atom stereocenters. The molecule has 1 N–H and O–H groups in total. The van der Waals surface area contributed by atoms with E-state index in [9.17, 15) is 9.59 Å². The Morgan fingerprint density at radius 2 is 1.97 bits per heavy atom. The van der Waals surface area contributed by atoms with Crippen molar-refractivity contribution in [3.8, 4) is 11.5 Å². The molecule has 30 heavy (non-hydrogen) atoms. The highest BCUT2D eigenvalue weighted by molar-refractivity contribution is 7.99. The number of methoxy groups -OCH3 is 2. The smallest absolute Gasteiger partial charge is 0.262 e. The lowest BCUT2D eigenvalue weighted by Crippen LogP contribution is -2.29. The molecule has 0 fully saturated rings. The Kier molecular flexibility index (Phi) is 6.99. The number of nitrogens with zero attached hydrogens (tertiary/aromatic N) is 2. The van der Waals surface area contributed by atoms with E-state index in [0.717, 1.165) is 5.56 Å². The molecule has 0 saturated heterocycles. The Balaban J connectivity index is 1.74. The maximum absolute atomic E-state index is 12.7. The molecule has 0 spiro atoms. The van der Waals surface area contributed by atoms with Gasteiger partial charge in [-0.15, -0.1) is 0 Å². The van der Waals surface area contributed by atoms with Gasteiger partial charge in [0.1, 0.15) is 11.5 Å². The second-order valence-electron chi connectivity index (χ2n) is 6.65. The van der Waals surface area contributed by atoms with E-state index in [1.165, 1.54) is 11.8 Å². The molecular formula is C22H25N3O4S. The number of thioether (sulfide) groups is 1. The van der Waals surface area contributed by atoms with E-state index in [4.69, 9.17) is 9.47 Å². The third kappa shape index (κ3) is 4.59. The molecule has 7 nitrogen and oxygen atoms in total. The summed E-state index contributed by atoms with van der Waals surface area (Å²) < 4.78 is 12.3. The van der Waals surface area contributed by atoms with Crippen LogP contribution in [-0.4, -0.2) is 35.4 Å². The molecule has 1 atom stereocenters. The van der Waals surface area contributed by atoms with E-state index in [1.54, 1.807) is 30.9 Å². The number of amides is 1. The van der Waals surface area contributed by atoms with Crippen LogP contribution in [0.15, 0.2) is 52.4 Å². The van der Waals surface area contributed by atoms with Crippen LogP contribution in [0.2, 0.25) is 0 Å².